The van der Waals surface area contributed by atoms with Gasteiger partial charge in [-0.2, -0.15) is 0 Å². The molecule has 0 amide bonds. The molecule has 8 N–H and O–H groups in total. The van der Waals surface area contributed by atoms with E-state index in [1.54, 1.807) is 13.8 Å². The maximum absolute atomic E-state index is 13.5. The van der Waals surface area contributed by atoms with Crippen molar-refractivity contribution in [3.05, 3.63) is 93.0 Å². The number of methoxy groups -OCH3 is 8. The Hall–Kier alpha value is -7.16. The molecule has 4 saturated heterocycles. The number of carbonyl (C=O) groups excluding carboxylic acids is 4. The molecule has 0 radical (unpaired) electrons. The predicted octanol–water partition coefficient (Wildman–Crippen LogP) is 14.3. The molecule has 4 fully saturated rings. The first kappa shape index (κ1) is 43.2. The molecule has 12 rings (SSSR count). The van der Waals surface area contributed by atoms with Crippen LogP contribution in [0.3, 0.4) is 0 Å². The van der Waals surface area contributed by atoms with Gasteiger partial charge in [-0.25, -0.2) is 0 Å². The van der Waals surface area contributed by atoms with Crippen LogP contribution in [0.25, 0.3) is 0 Å². The van der Waals surface area contributed by atoms with Crippen LogP contribution in [-0.4, -0.2) is 201 Å². The van der Waals surface area contributed by atoms with Crippen LogP contribution < -0.4 is 60.8 Å². The van der Waals surface area contributed by atoms with E-state index in [4.69, 9.17) is 162 Å². The Bertz CT molecular complexity index is 6600. The zero-order valence-electron chi connectivity index (χ0n) is 129. The summed E-state index contributed by atoms with van der Waals surface area (Å²) in [6, 6.07) is -9.19. The number of piperidine rings is 4. The van der Waals surface area contributed by atoms with E-state index in [1.807, 2.05) is 41.5 Å². The lowest BCUT2D eigenvalue weighted by atomic mass is 9.79. The minimum absolute atomic E-state index is 0.00225. The van der Waals surface area contributed by atoms with Crippen LogP contribution in [0.4, 0.5) is 0 Å². The van der Waals surface area contributed by atoms with Gasteiger partial charge in [0.15, 0.2) is 46.0 Å². The van der Waals surface area contributed by atoms with Crippen molar-refractivity contribution >= 4 is 23.9 Å². The van der Waals surface area contributed by atoms with Crippen molar-refractivity contribution in [3.63, 3.8) is 0 Å². The standard InChI is InChI=1S/4C24H38N2O4/c4*1-14(2)9-17-13-26-8-7-16-10-21(28-5)22(29-6)11-18(16)19(26)12-20(17)30-24(27)23(25)15(3)4/h4*10-11,14-15,17,19-20,23H,7-9,12-13,25H2,1-6H3/t4*17?,19?,20?,23-/m0000/s1/i3D3,4D3,5D3,6D3,7D2,8D2,15D,23D;3D3,4D3,6D3,7D2,8D2,15D,23D;3D3,4D3,5D3,7D2,8D2,15D,23D;3D3,4D3,7D2,8D2,15D,23D. The highest BCUT2D eigenvalue weighted by Gasteiger charge is 2.47. The number of fused-ring (bicyclic) bond motifs is 12. The maximum Gasteiger partial charge on any atom is 0.323 e. The second-order valence-electron chi connectivity index (χ2n) is 31.8. The van der Waals surface area contributed by atoms with E-state index >= 15 is 0 Å². The van der Waals surface area contributed by atoms with Gasteiger partial charge in [-0.3, -0.25) is 38.8 Å². The summed E-state index contributed by atoms with van der Waals surface area (Å²) in [4.78, 5) is 58.7. The maximum atomic E-state index is 13.5. The highest BCUT2D eigenvalue weighted by molar-refractivity contribution is 5.77. The summed E-state index contributed by atoms with van der Waals surface area (Å²) in [6.45, 7) is -26.5. The van der Waals surface area contributed by atoms with Crippen LogP contribution in [0.5, 0.6) is 46.0 Å². The Morgan fingerprint density at radius 1 is 0.342 bits per heavy atom. The predicted molar refractivity (Wildman–Crippen MR) is 471 cm³/mol. The lowest BCUT2D eigenvalue weighted by Crippen LogP contribution is -2.51. The molecule has 12 unspecified atom stereocenters. The second kappa shape index (κ2) is 43.9. The molecule has 4 aromatic carbocycles. The first-order valence-corrected chi connectivity index (χ1v) is 38.9. The van der Waals surface area contributed by atoms with Gasteiger partial charge in [0.25, 0.3) is 0 Å². The third kappa shape index (κ3) is 23.8. The van der Waals surface area contributed by atoms with Crippen molar-refractivity contribution < 1.29 is 158 Å². The largest absolute Gasteiger partial charge is 0.493 e. The molecule has 0 spiro atoms. The number of esters is 4. The van der Waals surface area contributed by atoms with Crippen molar-refractivity contribution in [1.82, 2.24) is 19.6 Å². The van der Waals surface area contributed by atoms with Crippen molar-refractivity contribution in [3.8, 4) is 46.0 Å². The first-order chi connectivity index (χ1) is 80.2. The van der Waals surface area contributed by atoms with E-state index in [0.29, 0.717) is 18.4 Å². The van der Waals surface area contributed by atoms with E-state index in [1.165, 1.54) is 67.4 Å². The SMILES string of the molecule is [2H]C([2H])([2H])C([2H])(C([2H])([2H])[2H])[C@]([2H])(N)C(=O)OC1CC2c3cc(OC)c(OC)cc3C([2H])([2H])C([2H])([2H])N2CC1CC(C)C.[2H]C([2H])([2H])Oc1cc2c(cc1OC([2H])([2H])[2H])C([2H])([2H])C([2H])([2H])N1CC(CC(C)C)C(OC(=O)[C@@]([2H])(N)C([2H])(C([2H])([2H])[2H])C([2H])([2H])[2H])CC21.[2H]C([2H])([2H])Oc1cc2c(cc1OC)C([2H])([2H])C([2H])([2H])N1CC(CC(C)C)C(OC(=O)[C@@]([2H])(N)C([2H])(C([2H])([2H])[2H])C([2H])([2H])[2H])CC21.[2H]C([2H])([2H])Oc1cc2c(cc1OC)C1CC(OC(=O)[C@@]([2H])(N)C([2H])(C([2H])([2H])[2H])C([2H])([2H])[2H])C(CC(C)C)CN1C([2H])([2H])C2([2H])[2H]. The third-order valence-electron chi connectivity index (χ3n) is 21.8. The molecule has 8 aliphatic rings. The Morgan fingerprint density at radius 3 is 0.717 bits per heavy atom. The summed E-state index contributed by atoms with van der Waals surface area (Å²) >= 11 is 0. The molecule has 0 saturated carbocycles. The quantitative estimate of drug-likeness (QED) is 0.0303. The molecule has 120 heavy (non-hydrogen) atoms. The van der Waals surface area contributed by atoms with Crippen LogP contribution in [0, 0.1) is 70.9 Å². The number of ether oxygens (including phenoxy) is 12. The van der Waals surface area contributed by atoms with Gasteiger partial charge in [0, 0.05) is 186 Å². The lowest BCUT2D eigenvalue weighted by molar-refractivity contribution is -0.161. The molecule has 8 aliphatic heterocycles. The summed E-state index contributed by atoms with van der Waals surface area (Å²) in [7, 11) is -6.98. The average molecular weight is 1730 g/mol. The van der Waals surface area contributed by atoms with E-state index in [-0.39, 0.29) is 156 Å². The first-order valence-electron chi connectivity index (χ1n) is 68.9. The van der Waals surface area contributed by atoms with Crippen molar-refractivity contribution in [2.24, 2.45) is 93.9 Å². The highest BCUT2D eigenvalue weighted by atomic mass is 16.6. The van der Waals surface area contributed by atoms with Crippen LogP contribution in [0.1, 0.15) is 312 Å². The van der Waals surface area contributed by atoms with Gasteiger partial charge in [0.2, 0.25) is 0 Å². The fourth-order valence-electron chi connectivity index (χ4n) is 16.3. The molecule has 4 aromatic rings. The molecular weight excluding hydrogens is 1520 g/mol. The van der Waals surface area contributed by atoms with E-state index in [2.05, 4.69) is 0 Å². The van der Waals surface area contributed by atoms with Crippen molar-refractivity contribution in [2.45, 2.75) is 260 Å². The van der Waals surface area contributed by atoms with Gasteiger partial charge in [-0.15, -0.1) is 0 Å². The summed E-state index contributed by atoms with van der Waals surface area (Å²) in [6.07, 6.45) is -15.5. The van der Waals surface area contributed by atoms with E-state index in [0.717, 1.165) is 29.2 Å². The molecular formula is C96H152N8O16. The monoisotopic (exact) mass is 1730 g/mol. The fraction of sp³-hybridized carbons (Fsp3) is 0.708. The second-order valence-corrected chi connectivity index (χ2v) is 31.8. The van der Waals surface area contributed by atoms with Gasteiger partial charge < -0.3 is 79.8 Å². The number of rotatable bonds is 28. The molecule has 24 heteroatoms. The van der Waals surface area contributed by atoms with Gasteiger partial charge in [0.05, 0.1) is 78.5 Å². The number of carbonyl (C=O) groups is 4. The molecule has 24 nitrogen and oxygen atoms in total. The summed E-state index contributed by atoms with van der Waals surface area (Å²) in [5.74, 6) is -27.2. The number of nitrogens with zero attached hydrogens (tertiary/aromatic N) is 4. The normalized spacial score (nSPS) is 38.3. The van der Waals surface area contributed by atoms with Crippen LogP contribution >= 0.6 is 0 Å². The van der Waals surface area contributed by atoms with Crippen molar-refractivity contribution in [2.75, 3.05) is 109 Å². The van der Waals surface area contributed by atoms with Crippen LogP contribution in [0.2, 0.25) is 0 Å². The minimum atomic E-state index is -3.84. The van der Waals surface area contributed by atoms with Gasteiger partial charge in [0.1, 0.15) is 48.5 Å². The molecule has 0 aliphatic carbocycles. The number of hydrogen-bond acceptors (Lipinski definition) is 24. The lowest BCUT2D eigenvalue weighted by Gasteiger charge is -2.47. The van der Waals surface area contributed by atoms with E-state index in [9.17, 15) is 19.2 Å². The molecule has 672 valence electrons. The number of aryl methyl sites for hydroxylation is 4. The number of benzene rings is 4. The average Bonchev–Trinajstić information content (AvgIpc) is 0.702. The Balaban J connectivity index is 0.000000262. The molecule has 0 bridgehead atoms. The van der Waals surface area contributed by atoms with Crippen LogP contribution in [0.15, 0.2) is 48.5 Å². The number of nitrogens with two attached hydrogens (primary N) is 4. The van der Waals surface area contributed by atoms with Gasteiger partial charge >= 0.3 is 23.9 Å². The summed E-state index contributed by atoms with van der Waals surface area (Å²) in [5.41, 5.74) is 22.7. The third-order valence-corrected chi connectivity index (χ3v) is 21.8. The zero-order valence-corrected chi connectivity index (χ0v) is 69.0. The fourth-order valence-corrected chi connectivity index (χ4v) is 16.3. The summed E-state index contributed by atoms with van der Waals surface area (Å²) < 4.78 is 546. The van der Waals surface area contributed by atoms with Gasteiger partial charge in [-0.1, -0.05) is 110 Å². The molecule has 16 atom stereocenters. The zero-order chi connectivity index (χ0) is 140. The topological polar surface area (TPSA) is 296 Å². The summed E-state index contributed by atoms with van der Waals surface area (Å²) in [5, 5.41) is 0. The Kier molecular flexibility index (Phi) is 15.8. The van der Waals surface area contributed by atoms with Crippen LogP contribution in [-0.2, 0) is 63.6 Å². The van der Waals surface area contributed by atoms with E-state index < -0.39 is 295 Å². The van der Waals surface area contributed by atoms with Crippen molar-refractivity contribution in [1.29, 1.82) is 0 Å². The highest BCUT2D eigenvalue weighted by Crippen LogP contribution is 2.50. The number of hydrogen-bond donors (Lipinski definition) is 4. The van der Waals surface area contributed by atoms with Gasteiger partial charge in [-0.05, 0) is 191 Å². The Morgan fingerprint density at radius 2 is 0.533 bits per heavy atom. The molecule has 8 heterocycles. The smallest absolute Gasteiger partial charge is 0.323 e. The molecule has 0 aromatic heterocycles. The Labute approximate surface area is 803 Å². The minimum Gasteiger partial charge on any atom is -0.493 e.